The molecule has 1 aliphatic heterocycles. The molecule has 1 atom stereocenters. The largest absolute Gasteiger partial charge is 0.493 e. The second-order valence-electron chi connectivity index (χ2n) is 8.17. The number of imidazole rings is 1. The number of rotatable bonds is 8. The van der Waals surface area contributed by atoms with Gasteiger partial charge in [0.25, 0.3) is 5.91 Å². The monoisotopic (exact) mass is 408 g/mol. The number of hydrogen-bond acceptors (Lipinski definition) is 5. The Bertz CT molecular complexity index is 1070. The molecule has 1 aliphatic rings. The Balaban J connectivity index is 1.38. The quantitative estimate of drug-likeness (QED) is 0.619. The summed E-state index contributed by atoms with van der Waals surface area (Å²) in [5, 5.41) is 0. The third-order valence-corrected chi connectivity index (χ3v) is 5.89. The highest BCUT2D eigenvalue weighted by molar-refractivity contribution is 5.99. The van der Waals surface area contributed by atoms with Gasteiger partial charge in [0.2, 0.25) is 0 Å². The lowest BCUT2D eigenvalue weighted by atomic mass is 9.94. The summed E-state index contributed by atoms with van der Waals surface area (Å²) in [4.78, 5) is 19.1. The topological polar surface area (TPSA) is 82.6 Å². The van der Waals surface area contributed by atoms with Crippen molar-refractivity contribution in [3.05, 3.63) is 53.9 Å². The van der Waals surface area contributed by atoms with Crippen molar-refractivity contribution in [1.82, 2.24) is 14.5 Å². The van der Waals surface area contributed by atoms with E-state index in [1.165, 1.54) is 0 Å². The van der Waals surface area contributed by atoms with Crippen LogP contribution in [0.25, 0.3) is 11.0 Å². The fraction of sp³-hybridized carbons (Fsp3) is 0.391. The van der Waals surface area contributed by atoms with Crippen molar-refractivity contribution in [3.63, 3.8) is 0 Å². The second-order valence-corrected chi connectivity index (χ2v) is 8.17. The number of carbonyl (C=O) groups excluding carboxylic acids is 1. The average molecular weight is 409 g/mol. The van der Waals surface area contributed by atoms with Crippen LogP contribution in [0.4, 0.5) is 0 Å². The van der Waals surface area contributed by atoms with E-state index in [0.717, 1.165) is 29.6 Å². The minimum atomic E-state index is -0.393. The lowest BCUT2D eigenvalue weighted by Crippen LogP contribution is -2.41. The van der Waals surface area contributed by atoms with Gasteiger partial charge in [0.05, 0.1) is 31.6 Å². The van der Waals surface area contributed by atoms with Crippen molar-refractivity contribution in [2.75, 3.05) is 20.8 Å². The smallest absolute Gasteiger partial charge is 0.254 e. The van der Waals surface area contributed by atoms with Crippen molar-refractivity contribution in [3.8, 4) is 11.5 Å². The van der Waals surface area contributed by atoms with Gasteiger partial charge < -0.3 is 24.7 Å². The maximum absolute atomic E-state index is 12.8. The zero-order valence-electron chi connectivity index (χ0n) is 17.7. The van der Waals surface area contributed by atoms with E-state index in [2.05, 4.69) is 15.6 Å². The van der Waals surface area contributed by atoms with Crippen LogP contribution < -0.4 is 15.2 Å². The van der Waals surface area contributed by atoms with Crippen LogP contribution in [0.3, 0.4) is 0 Å². The molecule has 2 heterocycles. The van der Waals surface area contributed by atoms with Crippen LogP contribution in [0, 0.1) is 0 Å². The molecule has 0 fully saturated rings. The summed E-state index contributed by atoms with van der Waals surface area (Å²) in [6, 6.07) is 11.7. The summed E-state index contributed by atoms with van der Waals surface area (Å²) >= 11 is 0. The van der Waals surface area contributed by atoms with Crippen molar-refractivity contribution in [2.45, 2.75) is 38.4 Å². The van der Waals surface area contributed by atoms with E-state index < -0.39 is 5.54 Å². The van der Waals surface area contributed by atoms with Gasteiger partial charge >= 0.3 is 0 Å². The fourth-order valence-electron chi connectivity index (χ4n) is 3.96. The van der Waals surface area contributed by atoms with Gasteiger partial charge in [-0.05, 0) is 49.6 Å². The summed E-state index contributed by atoms with van der Waals surface area (Å²) < 4.78 is 12.8. The molecule has 0 spiro atoms. The Kier molecular flexibility index (Phi) is 5.39. The average Bonchev–Trinajstić information content (AvgIpc) is 3.30. The molecule has 1 amide bonds. The Morgan fingerprint density at radius 3 is 2.57 bits per heavy atom. The third kappa shape index (κ3) is 3.85. The molecule has 0 saturated carbocycles. The van der Waals surface area contributed by atoms with E-state index in [0.29, 0.717) is 36.6 Å². The van der Waals surface area contributed by atoms with Gasteiger partial charge in [-0.1, -0.05) is 12.1 Å². The maximum atomic E-state index is 12.8. The summed E-state index contributed by atoms with van der Waals surface area (Å²) in [6.45, 7) is 4.01. The Labute approximate surface area is 176 Å². The molecule has 0 bridgehead atoms. The minimum absolute atomic E-state index is 0.0161. The molecule has 7 nitrogen and oxygen atoms in total. The molecule has 30 heavy (non-hydrogen) atoms. The number of aryl methyl sites for hydroxylation is 1. The molecular weight excluding hydrogens is 380 g/mol. The number of hydrogen-bond donors (Lipinski definition) is 1. The number of benzene rings is 2. The van der Waals surface area contributed by atoms with Crippen molar-refractivity contribution in [1.29, 1.82) is 0 Å². The van der Waals surface area contributed by atoms with Crippen molar-refractivity contribution >= 4 is 16.9 Å². The van der Waals surface area contributed by atoms with E-state index in [9.17, 15) is 4.79 Å². The number of fused-ring (bicyclic) bond motifs is 2. The third-order valence-electron chi connectivity index (χ3n) is 5.89. The molecule has 0 aliphatic carbocycles. The van der Waals surface area contributed by atoms with E-state index in [4.69, 9.17) is 15.2 Å². The lowest BCUT2D eigenvalue weighted by Gasteiger charge is -2.27. The van der Waals surface area contributed by atoms with Gasteiger partial charge in [0.1, 0.15) is 0 Å². The molecule has 3 aromatic rings. The lowest BCUT2D eigenvalue weighted by molar-refractivity contribution is 0.0766. The highest BCUT2D eigenvalue weighted by Crippen LogP contribution is 2.35. The maximum Gasteiger partial charge on any atom is 0.254 e. The standard InChI is InChI=1S/C23H28N4O3/c1-23(24,9-11-27-15-25-18-6-4-5-7-19(18)27)8-10-26-14-16-12-20(29-2)21(30-3)13-17(16)22(26)28/h4-7,12-13,15H,8-11,14,24H2,1-3H3. The van der Waals surface area contributed by atoms with Crippen LogP contribution in [0.1, 0.15) is 35.7 Å². The van der Waals surface area contributed by atoms with Crippen LogP contribution in [0.5, 0.6) is 11.5 Å². The van der Waals surface area contributed by atoms with Crippen molar-refractivity contribution in [2.24, 2.45) is 5.73 Å². The van der Waals surface area contributed by atoms with E-state index >= 15 is 0 Å². The van der Waals surface area contributed by atoms with Crippen LogP contribution in [0.15, 0.2) is 42.7 Å². The molecule has 158 valence electrons. The summed E-state index contributed by atoms with van der Waals surface area (Å²) in [6.07, 6.45) is 3.37. The predicted molar refractivity (Wildman–Crippen MR) is 116 cm³/mol. The molecule has 4 rings (SSSR count). The molecular formula is C23H28N4O3. The molecule has 2 N–H and O–H groups in total. The SMILES string of the molecule is COc1cc2c(cc1OC)C(=O)N(CCC(C)(N)CCn1cnc3ccccc31)C2. The second kappa shape index (κ2) is 7.99. The number of nitrogens with zero attached hydrogens (tertiary/aromatic N) is 3. The zero-order valence-corrected chi connectivity index (χ0v) is 17.7. The Hall–Kier alpha value is -3.06. The zero-order chi connectivity index (χ0) is 21.3. The first-order chi connectivity index (χ1) is 14.4. The van der Waals surface area contributed by atoms with Gasteiger partial charge in [-0.25, -0.2) is 4.98 Å². The fourth-order valence-corrected chi connectivity index (χ4v) is 3.96. The van der Waals surface area contributed by atoms with Crippen LogP contribution in [-0.4, -0.2) is 46.7 Å². The number of nitrogens with two attached hydrogens (primary N) is 1. The molecule has 2 aromatic carbocycles. The summed E-state index contributed by atoms with van der Waals surface area (Å²) in [7, 11) is 3.17. The van der Waals surface area contributed by atoms with Gasteiger partial charge in [-0.3, -0.25) is 4.79 Å². The van der Waals surface area contributed by atoms with Gasteiger partial charge in [0, 0.05) is 30.7 Å². The van der Waals surface area contributed by atoms with E-state index in [-0.39, 0.29) is 5.91 Å². The number of para-hydroxylation sites is 2. The number of methoxy groups -OCH3 is 2. The molecule has 1 unspecified atom stereocenters. The van der Waals surface area contributed by atoms with Crippen LogP contribution in [-0.2, 0) is 13.1 Å². The van der Waals surface area contributed by atoms with E-state index in [1.54, 1.807) is 20.3 Å². The number of amides is 1. The van der Waals surface area contributed by atoms with Gasteiger partial charge in [-0.15, -0.1) is 0 Å². The first-order valence-electron chi connectivity index (χ1n) is 10.1. The Morgan fingerprint density at radius 1 is 1.10 bits per heavy atom. The first-order valence-corrected chi connectivity index (χ1v) is 10.1. The highest BCUT2D eigenvalue weighted by Gasteiger charge is 2.31. The Morgan fingerprint density at radius 2 is 1.80 bits per heavy atom. The number of carbonyl (C=O) groups is 1. The van der Waals surface area contributed by atoms with Gasteiger partial charge in [-0.2, -0.15) is 0 Å². The molecule has 1 aromatic heterocycles. The van der Waals surface area contributed by atoms with Crippen molar-refractivity contribution < 1.29 is 14.3 Å². The number of aromatic nitrogens is 2. The number of ether oxygens (including phenoxy) is 2. The summed E-state index contributed by atoms with van der Waals surface area (Å²) in [5.41, 5.74) is 9.93. The van der Waals surface area contributed by atoms with Crippen LogP contribution >= 0.6 is 0 Å². The van der Waals surface area contributed by atoms with Crippen LogP contribution in [0.2, 0.25) is 0 Å². The van der Waals surface area contributed by atoms with Gasteiger partial charge in [0.15, 0.2) is 11.5 Å². The predicted octanol–water partition coefficient (Wildman–Crippen LogP) is 3.21. The summed E-state index contributed by atoms with van der Waals surface area (Å²) in [5.74, 6) is 1.23. The first kappa shape index (κ1) is 20.2. The normalized spacial score (nSPS) is 15.3. The minimum Gasteiger partial charge on any atom is -0.493 e. The molecule has 0 saturated heterocycles. The van der Waals surface area contributed by atoms with E-state index in [1.807, 2.05) is 42.4 Å². The highest BCUT2D eigenvalue weighted by atomic mass is 16.5. The molecule has 0 radical (unpaired) electrons. The molecule has 7 heteroatoms.